The Bertz CT molecular complexity index is 775. The molecule has 0 radical (unpaired) electrons. The van der Waals surface area contributed by atoms with Gasteiger partial charge in [-0.2, -0.15) is 0 Å². The number of anilines is 1. The first-order valence-electron chi connectivity index (χ1n) is 8.99. The molecule has 0 aliphatic heterocycles. The smallest absolute Gasteiger partial charge is 0.239 e. The molecule has 2 aromatic carbocycles. The lowest BCUT2D eigenvalue weighted by molar-refractivity contribution is -0.139. The van der Waals surface area contributed by atoms with Crippen molar-refractivity contribution < 1.29 is 14.3 Å². The Labute approximate surface area is 161 Å². The van der Waals surface area contributed by atoms with Gasteiger partial charge >= 0.3 is 0 Å². The molecule has 0 atom stereocenters. The Morgan fingerprint density at radius 2 is 1.44 bits per heavy atom. The molecule has 27 heavy (non-hydrogen) atoms. The Balaban J connectivity index is 1.94. The predicted molar refractivity (Wildman–Crippen MR) is 108 cm³/mol. The summed E-state index contributed by atoms with van der Waals surface area (Å²) in [5, 5.41) is 5.64. The zero-order valence-corrected chi connectivity index (χ0v) is 16.6. The van der Waals surface area contributed by atoms with E-state index in [2.05, 4.69) is 10.6 Å². The van der Waals surface area contributed by atoms with Gasteiger partial charge in [-0.05, 0) is 64.4 Å². The van der Waals surface area contributed by atoms with Gasteiger partial charge in [0.05, 0.1) is 0 Å². The number of carbonyl (C=O) groups excluding carboxylic acids is 2. The van der Waals surface area contributed by atoms with Crippen LogP contribution in [-0.4, -0.2) is 17.4 Å². The second-order valence-electron chi connectivity index (χ2n) is 8.08. The fourth-order valence-electron chi connectivity index (χ4n) is 2.26. The van der Waals surface area contributed by atoms with Crippen LogP contribution < -0.4 is 15.4 Å². The minimum absolute atomic E-state index is 0.310. The molecule has 0 unspecified atom stereocenters. The van der Waals surface area contributed by atoms with E-state index < -0.39 is 11.0 Å². The van der Waals surface area contributed by atoms with E-state index in [-0.39, 0.29) is 11.8 Å². The molecule has 144 valence electrons. The van der Waals surface area contributed by atoms with Gasteiger partial charge in [0.2, 0.25) is 11.8 Å². The summed E-state index contributed by atoms with van der Waals surface area (Å²) >= 11 is 0. The van der Waals surface area contributed by atoms with Crippen molar-refractivity contribution in [2.24, 2.45) is 5.41 Å². The molecule has 0 saturated heterocycles. The van der Waals surface area contributed by atoms with Gasteiger partial charge in [-0.1, -0.05) is 30.3 Å². The summed E-state index contributed by atoms with van der Waals surface area (Å²) in [6.07, 6.45) is 0. The number of benzene rings is 2. The first-order valence-corrected chi connectivity index (χ1v) is 8.99. The lowest BCUT2D eigenvalue weighted by atomic mass is 9.89. The summed E-state index contributed by atoms with van der Waals surface area (Å²) in [7, 11) is 0. The van der Waals surface area contributed by atoms with Crippen LogP contribution in [0.1, 0.15) is 40.2 Å². The van der Waals surface area contributed by atoms with Crippen LogP contribution in [0.3, 0.4) is 0 Å². The maximum absolute atomic E-state index is 12.6. The summed E-state index contributed by atoms with van der Waals surface area (Å²) < 4.78 is 5.74. The zero-order valence-electron chi connectivity index (χ0n) is 16.6. The van der Waals surface area contributed by atoms with Crippen molar-refractivity contribution in [1.82, 2.24) is 5.32 Å². The quantitative estimate of drug-likeness (QED) is 0.753. The fraction of sp³-hybridized carbons (Fsp3) is 0.364. The number of amides is 2. The van der Waals surface area contributed by atoms with Crippen molar-refractivity contribution in [3.63, 3.8) is 0 Å². The normalized spacial score (nSPS) is 11.6. The number of nitrogens with one attached hydrogen (secondary N) is 2. The highest BCUT2D eigenvalue weighted by molar-refractivity contribution is 6.10. The van der Waals surface area contributed by atoms with Gasteiger partial charge in [-0.3, -0.25) is 9.59 Å². The highest BCUT2D eigenvalue weighted by atomic mass is 16.5. The van der Waals surface area contributed by atoms with Gasteiger partial charge in [0, 0.05) is 11.2 Å². The molecule has 2 rings (SSSR count). The highest BCUT2D eigenvalue weighted by Crippen LogP contribution is 2.22. The van der Waals surface area contributed by atoms with E-state index in [1.807, 2.05) is 51.1 Å². The molecule has 0 bridgehead atoms. The minimum atomic E-state index is -1.18. The van der Waals surface area contributed by atoms with E-state index in [0.29, 0.717) is 18.0 Å². The second-order valence-corrected chi connectivity index (χ2v) is 8.08. The molecular formula is C22H28N2O3. The number of carbonyl (C=O) groups is 2. The molecule has 0 aliphatic rings. The van der Waals surface area contributed by atoms with Gasteiger partial charge in [0.25, 0.3) is 0 Å². The van der Waals surface area contributed by atoms with Gasteiger partial charge < -0.3 is 15.4 Å². The van der Waals surface area contributed by atoms with Crippen LogP contribution in [0, 0.1) is 5.41 Å². The van der Waals surface area contributed by atoms with Crippen molar-refractivity contribution in [1.29, 1.82) is 0 Å². The van der Waals surface area contributed by atoms with E-state index in [1.54, 1.807) is 38.1 Å². The molecule has 0 heterocycles. The van der Waals surface area contributed by atoms with Crippen LogP contribution in [-0.2, 0) is 16.2 Å². The summed E-state index contributed by atoms with van der Waals surface area (Å²) in [4.78, 5) is 24.9. The first kappa shape index (κ1) is 20.5. The molecule has 0 spiro atoms. The Morgan fingerprint density at radius 1 is 0.852 bits per heavy atom. The largest absolute Gasteiger partial charge is 0.489 e. The van der Waals surface area contributed by atoms with Crippen LogP contribution in [0.2, 0.25) is 0 Å². The van der Waals surface area contributed by atoms with Crippen molar-refractivity contribution in [2.45, 2.75) is 46.8 Å². The van der Waals surface area contributed by atoms with Crippen LogP contribution in [0.25, 0.3) is 0 Å². The highest BCUT2D eigenvalue weighted by Gasteiger charge is 2.37. The van der Waals surface area contributed by atoms with Crippen LogP contribution >= 0.6 is 0 Å². The van der Waals surface area contributed by atoms with E-state index in [0.717, 1.165) is 5.56 Å². The van der Waals surface area contributed by atoms with Gasteiger partial charge in [-0.25, -0.2) is 0 Å². The van der Waals surface area contributed by atoms with Crippen molar-refractivity contribution in [3.8, 4) is 5.75 Å². The van der Waals surface area contributed by atoms with E-state index in [4.69, 9.17) is 4.74 Å². The topological polar surface area (TPSA) is 67.4 Å². The maximum atomic E-state index is 12.6. The van der Waals surface area contributed by atoms with Crippen molar-refractivity contribution in [3.05, 3.63) is 60.2 Å². The Morgan fingerprint density at radius 3 is 2.00 bits per heavy atom. The van der Waals surface area contributed by atoms with E-state index in [1.165, 1.54) is 0 Å². The van der Waals surface area contributed by atoms with Gasteiger partial charge in [-0.15, -0.1) is 0 Å². The third-order valence-electron chi connectivity index (χ3n) is 3.98. The zero-order chi connectivity index (χ0) is 20.1. The fourth-order valence-corrected chi connectivity index (χ4v) is 2.26. The molecular weight excluding hydrogens is 340 g/mol. The second kappa shape index (κ2) is 8.25. The molecule has 0 aliphatic carbocycles. The molecule has 2 aromatic rings. The molecule has 5 heteroatoms. The minimum Gasteiger partial charge on any atom is -0.489 e. The van der Waals surface area contributed by atoms with Crippen LogP contribution in [0.15, 0.2) is 54.6 Å². The predicted octanol–water partition coefficient (Wildman–Crippen LogP) is 4.15. The summed E-state index contributed by atoms with van der Waals surface area (Å²) in [6, 6.07) is 17.0. The Hall–Kier alpha value is -2.82. The average Bonchev–Trinajstić information content (AvgIpc) is 2.60. The average molecular weight is 368 g/mol. The Kier molecular flexibility index (Phi) is 6.26. The lowest BCUT2D eigenvalue weighted by Gasteiger charge is -2.28. The number of hydrogen-bond donors (Lipinski definition) is 2. The SMILES string of the molecule is CC(C)(C)NC(=O)C(C)(C)C(=O)Nc1ccc(OCc2ccccc2)cc1. The number of ether oxygens (including phenoxy) is 1. The monoisotopic (exact) mass is 368 g/mol. The molecule has 2 amide bonds. The van der Waals surface area contributed by atoms with E-state index in [9.17, 15) is 9.59 Å². The van der Waals surface area contributed by atoms with Crippen molar-refractivity contribution >= 4 is 17.5 Å². The molecule has 2 N–H and O–H groups in total. The summed E-state index contributed by atoms with van der Waals surface area (Å²) in [5.41, 5.74) is 0.118. The standard InChI is InChI=1S/C22H28N2O3/c1-21(2,3)24-20(26)22(4,5)19(25)23-17-11-13-18(14-12-17)27-15-16-9-7-6-8-10-16/h6-14H,15H2,1-5H3,(H,23,25)(H,24,26). The molecule has 0 aromatic heterocycles. The first-order chi connectivity index (χ1) is 12.6. The molecule has 0 fully saturated rings. The third-order valence-corrected chi connectivity index (χ3v) is 3.98. The maximum Gasteiger partial charge on any atom is 0.239 e. The van der Waals surface area contributed by atoms with Gasteiger partial charge in [0.15, 0.2) is 0 Å². The number of hydrogen-bond acceptors (Lipinski definition) is 3. The van der Waals surface area contributed by atoms with Gasteiger partial charge in [0.1, 0.15) is 17.8 Å². The third kappa shape index (κ3) is 6.13. The summed E-state index contributed by atoms with van der Waals surface area (Å²) in [5.74, 6) is 0.0408. The van der Waals surface area contributed by atoms with Crippen LogP contribution in [0.4, 0.5) is 5.69 Å². The number of rotatable bonds is 6. The lowest BCUT2D eigenvalue weighted by Crippen LogP contribution is -2.51. The summed E-state index contributed by atoms with van der Waals surface area (Å²) in [6.45, 7) is 9.35. The molecule has 5 nitrogen and oxygen atoms in total. The van der Waals surface area contributed by atoms with Crippen molar-refractivity contribution in [2.75, 3.05) is 5.32 Å². The van der Waals surface area contributed by atoms with Crippen LogP contribution in [0.5, 0.6) is 5.75 Å². The molecule has 0 saturated carbocycles. The van der Waals surface area contributed by atoms with E-state index >= 15 is 0 Å².